The molecule has 2 nitrogen and oxygen atoms in total. The molecule has 0 amide bonds. The normalized spacial score (nSPS) is 16.2. The lowest BCUT2D eigenvalue weighted by molar-refractivity contribution is 0.108. The van der Waals surface area contributed by atoms with E-state index in [1.807, 2.05) is 6.07 Å². The summed E-state index contributed by atoms with van der Waals surface area (Å²) in [4.78, 5) is 15.1. The molecule has 0 saturated carbocycles. The maximum atomic E-state index is 11.2. The largest absolute Gasteiger partial charge is 0.282 e. The van der Waals surface area contributed by atoms with Crippen LogP contribution in [-0.4, -0.2) is 15.9 Å². The molecule has 0 radical (unpaired) electrons. The van der Waals surface area contributed by atoms with Crippen LogP contribution in [0.25, 0.3) is 0 Å². The van der Waals surface area contributed by atoms with E-state index in [9.17, 15) is 4.79 Å². The second-order valence-electron chi connectivity index (χ2n) is 2.42. The molecule has 0 fully saturated rings. The fourth-order valence-electron chi connectivity index (χ4n) is 1.16. The lowest BCUT2D eigenvalue weighted by atomic mass is 10.1. The van der Waals surface area contributed by atoms with Crippen molar-refractivity contribution in [3.05, 3.63) is 29.6 Å². The number of fused-ring (bicyclic) bond motifs is 1. The van der Waals surface area contributed by atoms with Crippen molar-refractivity contribution < 1.29 is 4.79 Å². The van der Waals surface area contributed by atoms with E-state index in [1.165, 1.54) is 11.8 Å². The highest BCUT2D eigenvalue weighted by atomic mass is 32.2. The summed E-state index contributed by atoms with van der Waals surface area (Å²) in [6, 6.07) is 1.92. The van der Waals surface area contributed by atoms with Gasteiger partial charge >= 0.3 is 0 Å². The van der Waals surface area contributed by atoms with E-state index < -0.39 is 0 Å². The number of pyridine rings is 1. The number of thioether (sulfide) groups is 1. The van der Waals surface area contributed by atoms with Crippen molar-refractivity contribution in [1.82, 2.24) is 4.98 Å². The summed E-state index contributed by atoms with van der Waals surface area (Å²) in [5, 5.41) is 0.166. The Morgan fingerprint density at radius 3 is 3.27 bits per heavy atom. The summed E-state index contributed by atoms with van der Waals surface area (Å²) in [5.74, 6) is 0.913. The van der Waals surface area contributed by atoms with Gasteiger partial charge in [0.15, 0.2) is 0 Å². The first-order valence-corrected chi connectivity index (χ1v) is 4.46. The van der Waals surface area contributed by atoms with Gasteiger partial charge in [0.1, 0.15) is 0 Å². The van der Waals surface area contributed by atoms with Gasteiger partial charge in [-0.3, -0.25) is 9.78 Å². The van der Waals surface area contributed by atoms with Gasteiger partial charge in [-0.05, 0) is 18.1 Å². The van der Waals surface area contributed by atoms with Crippen molar-refractivity contribution in [2.75, 3.05) is 5.75 Å². The molecule has 2 rings (SSSR count). The summed E-state index contributed by atoms with van der Waals surface area (Å²) in [6.45, 7) is 0. The average Bonchev–Trinajstić information content (AvgIpc) is 2.06. The van der Waals surface area contributed by atoms with Crippen LogP contribution >= 0.6 is 11.8 Å². The van der Waals surface area contributed by atoms with Gasteiger partial charge in [0.2, 0.25) is 5.12 Å². The Morgan fingerprint density at radius 1 is 1.55 bits per heavy atom. The number of hydrogen-bond acceptors (Lipinski definition) is 3. The number of carbonyl (C=O) groups is 1. The highest BCUT2D eigenvalue weighted by Crippen LogP contribution is 2.22. The second kappa shape index (κ2) is 2.66. The smallest absolute Gasteiger partial charge is 0.221 e. The van der Waals surface area contributed by atoms with E-state index in [0.717, 1.165) is 23.3 Å². The molecule has 0 atom stereocenters. The van der Waals surface area contributed by atoms with Gasteiger partial charge in [-0.1, -0.05) is 11.8 Å². The summed E-state index contributed by atoms with van der Waals surface area (Å²) in [7, 11) is 0. The monoisotopic (exact) mass is 165 g/mol. The third-order valence-electron chi connectivity index (χ3n) is 1.74. The van der Waals surface area contributed by atoms with E-state index in [4.69, 9.17) is 0 Å². The molecule has 0 aliphatic carbocycles. The Morgan fingerprint density at radius 2 is 2.45 bits per heavy atom. The van der Waals surface area contributed by atoms with Crippen molar-refractivity contribution in [2.45, 2.75) is 6.42 Å². The average molecular weight is 165 g/mol. The summed E-state index contributed by atoms with van der Waals surface area (Å²) in [6.07, 6.45) is 4.39. The van der Waals surface area contributed by atoms with Gasteiger partial charge < -0.3 is 0 Å². The quantitative estimate of drug-likeness (QED) is 0.583. The molecule has 56 valence electrons. The zero-order valence-corrected chi connectivity index (χ0v) is 6.73. The number of aryl methyl sites for hydroxylation is 1. The van der Waals surface area contributed by atoms with E-state index in [-0.39, 0.29) is 5.12 Å². The van der Waals surface area contributed by atoms with Crippen LogP contribution in [0.5, 0.6) is 0 Å². The van der Waals surface area contributed by atoms with Gasteiger partial charge in [0.25, 0.3) is 0 Å². The standard InChI is InChI=1S/C8H7NOS/c10-8-7-5-9-3-1-6(7)2-4-11-8/h1,3,5H,2,4H2. The molecule has 2 heterocycles. The number of hydrogen-bond donors (Lipinski definition) is 0. The van der Waals surface area contributed by atoms with Crippen molar-refractivity contribution in [3.8, 4) is 0 Å². The Bertz CT molecular complexity index is 298. The predicted octanol–water partition coefficient (Wildman–Crippen LogP) is 1.51. The first kappa shape index (κ1) is 6.85. The van der Waals surface area contributed by atoms with Crippen molar-refractivity contribution in [3.63, 3.8) is 0 Å². The molecular weight excluding hydrogens is 158 g/mol. The number of aromatic nitrogens is 1. The molecule has 3 heteroatoms. The minimum Gasteiger partial charge on any atom is -0.282 e. The van der Waals surface area contributed by atoms with E-state index in [2.05, 4.69) is 4.98 Å². The predicted molar refractivity (Wildman–Crippen MR) is 44.7 cm³/mol. The molecule has 11 heavy (non-hydrogen) atoms. The van der Waals surface area contributed by atoms with Gasteiger partial charge in [0.05, 0.1) is 5.56 Å². The second-order valence-corrected chi connectivity index (χ2v) is 3.49. The zero-order chi connectivity index (χ0) is 7.68. The van der Waals surface area contributed by atoms with Gasteiger partial charge in [0, 0.05) is 18.1 Å². The molecule has 1 aliphatic heterocycles. The topological polar surface area (TPSA) is 30.0 Å². The van der Waals surface area contributed by atoms with Crippen LogP contribution in [-0.2, 0) is 6.42 Å². The molecule has 0 N–H and O–H groups in total. The molecule has 0 unspecified atom stereocenters. The van der Waals surface area contributed by atoms with Crippen molar-refractivity contribution in [2.24, 2.45) is 0 Å². The first-order valence-electron chi connectivity index (χ1n) is 3.48. The molecule has 0 saturated heterocycles. The van der Waals surface area contributed by atoms with Gasteiger partial charge in [-0.25, -0.2) is 0 Å². The van der Waals surface area contributed by atoms with Gasteiger partial charge in [-0.15, -0.1) is 0 Å². The minimum atomic E-state index is 0.166. The number of nitrogens with zero attached hydrogens (tertiary/aromatic N) is 1. The molecule has 0 aromatic carbocycles. The van der Waals surface area contributed by atoms with Crippen LogP contribution in [0.2, 0.25) is 0 Å². The Kier molecular flexibility index (Phi) is 1.66. The summed E-state index contributed by atoms with van der Waals surface area (Å²) in [5.41, 5.74) is 1.94. The van der Waals surface area contributed by atoms with Crippen molar-refractivity contribution >= 4 is 16.9 Å². The number of rotatable bonds is 0. The molecule has 1 aromatic heterocycles. The van der Waals surface area contributed by atoms with Crippen LogP contribution in [0.15, 0.2) is 18.5 Å². The molecule has 0 bridgehead atoms. The Balaban J connectivity index is 2.52. The van der Waals surface area contributed by atoms with Crippen LogP contribution in [0.4, 0.5) is 0 Å². The molecular formula is C8H7NOS. The SMILES string of the molecule is O=C1SCCc2ccncc21. The van der Waals surface area contributed by atoms with Gasteiger partial charge in [-0.2, -0.15) is 0 Å². The van der Waals surface area contributed by atoms with Crippen molar-refractivity contribution in [1.29, 1.82) is 0 Å². The highest BCUT2D eigenvalue weighted by Gasteiger charge is 2.16. The Labute approximate surface area is 69.0 Å². The first-order chi connectivity index (χ1) is 5.38. The fraction of sp³-hybridized carbons (Fsp3) is 0.250. The van der Waals surface area contributed by atoms with E-state index in [0.29, 0.717) is 0 Å². The third-order valence-corrected chi connectivity index (χ3v) is 2.63. The zero-order valence-electron chi connectivity index (χ0n) is 5.91. The Hall–Kier alpha value is -0.830. The van der Waals surface area contributed by atoms with Crippen LogP contribution in [0, 0.1) is 0 Å². The van der Waals surface area contributed by atoms with Crippen LogP contribution in [0.3, 0.4) is 0 Å². The third kappa shape index (κ3) is 1.16. The summed E-state index contributed by atoms with van der Waals surface area (Å²) >= 11 is 1.38. The minimum absolute atomic E-state index is 0.166. The maximum absolute atomic E-state index is 11.2. The molecule has 1 aliphatic rings. The van der Waals surface area contributed by atoms with E-state index in [1.54, 1.807) is 12.4 Å². The lowest BCUT2D eigenvalue weighted by Gasteiger charge is -2.11. The lowest BCUT2D eigenvalue weighted by Crippen LogP contribution is -2.08. The highest BCUT2D eigenvalue weighted by molar-refractivity contribution is 8.14. The maximum Gasteiger partial charge on any atom is 0.221 e. The van der Waals surface area contributed by atoms with Crippen LogP contribution < -0.4 is 0 Å². The summed E-state index contributed by atoms with van der Waals surface area (Å²) < 4.78 is 0. The number of carbonyl (C=O) groups excluding carboxylic acids is 1. The van der Waals surface area contributed by atoms with E-state index >= 15 is 0 Å². The van der Waals surface area contributed by atoms with Crippen LogP contribution in [0.1, 0.15) is 15.9 Å². The molecule has 1 aromatic rings. The molecule has 0 spiro atoms. The fourth-order valence-corrected chi connectivity index (χ4v) is 2.00.